The molecule has 3 N–H and O–H groups in total. The highest BCUT2D eigenvalue weighted by Crippen LogP contribution is 2.30. The fraction of sp³-hybridized carbons (Fsp3) is 0.348. The molecule has 1 aliphatic heterocycles. The third kappa shape index (κ3) is 4.30. The Kier molecular flexibility index (Phi) is 6.13. The SMILES string of the molecule is C[C@@H]1CCN(C(=O)CC#N)C[C@@H]1N(C)c1ncnc2c1ccn2C(=O)Nc1ccccc1N. The summed E-state index contributed by atoms with van der Waals surface area (Å²) < 4.78 is 1.42. The molecule has 1 aromatic carbocycles. The number of para-hydroxylation sites is 2. The summed E-state index contributed by atoms with van der Waals surface area (Å²) in [5.74, 6) is 0.841. The summed E-state index contributed by atoms with van der Waals surface area (Å²) in [6.07, 6.45) is 3.80. The Balaban J connectivity index is 1.60. The summed E-state index contributed by atoms with van der Waals surface area (Å²) in [6.45, 7) is 3.30. The second kappa shape index (κ2) is 9.16. The van der Waals surface area contributed by atoms with Gasteiger partial charge in [-0.05, 0) is 30.5 Å². The number of carbonyl (C=O) groups is 2. The van der Waals surface area contributed by atoms with Gasteiger partial charge in [0.25, 0.3) is 0 Å². The number of anilines is 3. The van der Waals surface area contributed by atoms with Gasteiger partial charge in [-0.1, -0.05) is 19.1 Å². The minimum Gasteiger partial charge on any atom is -0.397 e. The first-order chi connectivity index (χ1) is 15.9. The van der Waals surface area contributed by atoms with Crippen LogP contribution >= 0.6 is 0 Å². The van der Waals surface area contributed by atoms with E-state index in [0.717, 1.165) is 11.8 Å². The monoisotopic (exact) mass is 446 g/mol. The smallest absolute Gasteiger partial charge is 0.331 e. The van der Waals surface area contributed by atoms with Crippen molar-refractivity contribution in [2.24, 2.45) is 5.92 Å². The van der Waals surface area contributed by atoms with Gasteiger partial charge in [-0.2, -0.15) is 5.26 Å². The van der Waals surface area contributed by atoms with Gasteiger partial charge in [0.05, 0.1) is 28.9 Å². The van der Waals surface area contributed by atoms with E-state index < -0.39 is 0 Å². The van der Waals surface area contributed by atoms with Gasteiger partial charge in [0.15, 0.2) is 5.65 Å². The Morgan fingerprint density at radius 3 is 2.85 bits per heavy atom. The molecule has 4 rings (SSSR count). The fourth-order valence-electron chi connectivity index (χ4n) is 4.29. The molecule has 3 heterocycles. The summed E-state index contributed by atoms with van der Waals surface area (Å²) in [5.41, 5.74) is 7.41. The van der Waals surface area contributed by atoms with Crippen LogP contribution < -0.4 is 16.0 Å². The van der Waals surface area contributed by atoms with E-state index >= 15 is 0 Å². The first-order valence-corrected chi connectivity index (χ1v) is 10.8. The Labute approximate surface area is 191 Å². The third-order valence-corrected chi connectivity index (χ3v) is 6.21. The van der Waals surface area contributed by atoms with Crippen molar-refractivity contribution < 1.29 is 9.59 Å². The number of amides is 2. The molecule has 3 aromatic rings. The average Bonchev–Trinajstić information content (AvgIpc) is 3.25. The number of piperidine rings is 1. The van der Waals surface area contributed by atoms with Gasteiger partial charge in [-0.3, -0.25) is 9.36 Å². The summed E-state index contributed by atoms with van der Waals surface area (Å²) >= 11 is 0. The lowest BCUT2D eigenvalue weighted by atomic mass is 9.92. The molecule has 1 saturated heterocycles. The maximum absolute atomic E-state index is 12.9. The van der Waals surface area contributed by atoms with E-state index in [2.05, 4.69) is 22.2 Å². The van der Waals surface area contributed by atoms with Crippen molar-refractivity contribution in [2.45, 2.75) is 25.8 Å². The van der Waals surface area contributed by atoms with Crippen LogP contribution in [0.4, 0.5) is 22.0 Å². The normalized spacial score (nSPS) is 18.0. The highest BCUT2D eigenvalue weighted by molar-refractivity contribution is 6.01. The standard InChI is InChI=1S/C23H26N8O2/c1-15-8-11-30(20(32)7-10-24)13-19(15)29(2)21-16-9-12-31(22(16)27-14-26-21)23(33)28-18-6-4-3-5-17(18)25/h3-6,9,12,14-15,19H,7-8,11,13,25H2,1-2H3,(H,28,33)/t15-,19+/m1/s1. The van der Waals surface area contributed by atoms with Crippen LogP contribution in [0.5, 0.6) is 0 Å². The number of likely N-dealkylation sites (tertiary alicyclic amines) is 1. The van der Waals surface area contributed by atoms with Crippen LogP contribution in [0.1, 0.15) is 19.8 Å². The maximum Gasteiger partial charge on any atom is 0.331 e. The molecule has 1 fully saturated rings. The van der Waals surface area contributed by atoms with E-state index in [0.29, 0.717) is 41.8 Å². The van der Waals surface area contributed by atoms with E-state index in [1.54, 1.807) is 41.4 Å². The number of benzene rings is 1. The third-order valence-electron chi connectivity index (χ3n) is 6.21. The number of likely N-dealkylation sites (N-methyl/N-ethyl adjacent to an activating group) is 1. The molecule has 1 aliphatic rings. The average molecular weight is 447 g/mol. The van der Waals surface area contributed by atoms with Gasteiger partial charge < -0.3 is 20.9 Å². The lowest BCUT2D eigenvalue weighted by molar-refractivity contribution is -0.131. The van der Waals surface area contributed by atoms with Gasteiger partial charge in [0, 0.05) is 26.3 Å². The van der Waals surface area contributed by atoms with Crippen LogP contribution in [0.2, 0.25) is 0 Å². The van der Waals surface area contributed by atoms with E-state index in [4.69, 9.17) is 11.0 Å². The number of nitrogens with two attached hydrogens (primary N) is 1. The van der Waals surface area contributed by atoms with Gasteiger partial charge >= 0.3 is 6.03 Å². The van der Waals surface area contributed by atoms with Gasteiger partial charge in [-0.25, -0.2) is 14.8 Å². The molecule has 0 bridgehead atoms. The number of hydrogen-bond donors (Lipinski definition) is 2. The first kappa shape index (κ1) is 22.1. The minimum atomic E-state index is -0.380. The summed E-state index contributed by atoms with van der Waals surface area (Å²) in [4.78, 5) is 37.8. The Bertz CT molecular complexity index is 1230. The van der Waals surface area contributed by atoms with Crippen LogP contribution in [0.25, 0.3) is 11.0 Å². The van der Waals surface area contributed by atoms with Crippen LogP contribution in [0, 0.1) is 17.2 Å². The van der Waals surface area contributed by atoms with E-state index in [1.165, 1.54) is 10.9 Å². The van der Waals surface area contributed by atoms with Gasteiger partial charge in [0.1, 0.15) is 18.6 Å². The number of nitrogen functional groups attached to an aromatic ring is 1. The molecule has 10 nitrogen and oxygen atoms in total. The number of carbonyl (C=O) groups excluding carboxylic acids is 2. The van der Waals surface area contributed by atoms with Crippen molar-refractivity contribution in [1.82, 2.24) is 19.4 Å². The topological polar surface area (TPSA) is 133 Å². The molecule has 0 aliphatic carbocycles. The molecule has 33 heavy (non-hydrogen) atoms. The molecule has 0 saturated carbocycles. The number of fused-ring (bicyclic) bond motifs is 1. The number of hydrogen-bond acceptors (Lipinski definition) is 7. The van der Waals surface area contributed by atoms with Gasteiger partial charge in [-0.15, -0.1) is 0 Å². The summed E-state index contributed by atoms with van der Waals surface area (Å²) in [5, 5.41) is 12.4. The minimum absolute atomic E-state index is 0.0146. The van der Waals surface area contributed by atoms with Crippen LogP contribution in [0.15, 0.2) is 42.9 Å². The van der Waals surface area contributed by atoms with E-state index in [1.807, 2.05) is 18.0 Å². The molecule has 170 valence electrons. The first-order valence-electron chi connectivity index (χ1n) is 10.8. The predicted molar refractivity (Wildman–Crippen MR) is 126 cm³/mol. The fourth-order valence-corrected chi connectivity index (χ4v) is 4.29. The largest absolute Gasteiger partial charge is 0.397 e. The van der Waals surface area contributed by atoms with Crippen molar-refractivity contribution in [1.29, 1.82) is 5.26 Å². The van der Waals surface area contributed by atoms with E-state index in [-0.39, 0.29) is 24.4 Å². The Morgan fingerprint density at radius 2 is 2.09 bits per heavy atom. The molecular weight excluding hydrogens is 420 g/mol. The molecule has 0 spiro atoms. The summed E-state index contributed by atoms with van der Waals surface area (Å²) in [7, 11) is 1.93. The van der Waals surface area contributed by atoms with Crippen LogP contribution in [-0.2, 0) is 4.79 Å². The molecule has 2 atom stereocenters. The Morgan fingerprint density at radius 1 is 1.30 bits per heavy atom. The van der Waals surface area contributed by atoms with Crippen molar-refractivity contribution in [3.05, 3.63) is 42.9 Å². The number of rotatable bonds is 4. The highest BCUT2D eigenvalue weighted by Gasteiger charge is 2.32. The number of nitrogens with one attached hydrogen (secondary N) is 1. The summed E-state index contributed by atoms with van der Waals surface area (Å²) in [6, 6.07) is 10.4. The molecule has 2 amide bonds. The van der Waals surface area contributed by atoms with Crippen molar-refractivity contribution in [2.75, 3.05) is 36.1 Å². The van der Waals surface area contributed by atoms with E-state index in [9.17, 15) is 9.59 Å². The second-order valence-electron chi connectivity index (χ2n) is 8.26. The predicted octanol–water partition coefficient (Wildman–Crippen LogP) is 2.68. The quantitative estimate of drug-likeness (QED) is 0.589. The number of nitrogens with zero attached hydrogens (tertiary/aromatic N) is 6. The van der Waals surface area contributed by atoms with Gasteiger partial charge in [0.2, 0.25) is 5.91 Å². The van der Waals surface area contributed by atoms with Crippen LogP contribution in [0.3, 0.4) is 0 Å². The number of aromatic nitrogens is 3. The molecular formula is C23H26N8O2. The van der Waals surface area contributed by atoms with Crippen molar-refractivity contribution >= 4 is 40.2 Å². The zero-order chi connectivity index (χ0) is 23.5. The zero-order valence-electron chi connectivity index (χ0n) is 18.6. The Hall–Kier alpha value is -4.13. The number of nitriles is 1. The lowest BCUT2D eigenvalue weighted by Crippen LogP contribution is -2.52. The molecule has 2 aromatic heterocycles. The molecule has 10 heteroatoms. The van der Waals surface area contributed by atoms with Crippen molar-refractivity contribution in [3.63, 3.8) is 0 Å². The highest BCUT2D eigenvalue weighted by atomic mass is 16.2. The van der Waals surface area contributed by atoms with Crippen LogP contribution in [-0.4, -0.2) is 57.6 Å². The van der Waals surface area contributed by atoms with Crippen molar-refractivity contribution in [3.8, 4) is 6.07 Å². The maximum atomic E-state index is 12.9. The zero-order valence-corrected chi connectivity index (χ0v) is 18.6. The lowest BCUT2D eigenvalue weighted by Gasteiger charge is -2.42. The second-order valence-corrected chi connectivity index (χ2v) is 8.26. The molecule has 0 unspecified atom stereocenters. The molecule has 0 radical (unpaired) electrons.